The Bertz CT molecular complexity index is 502. The first-order chi connectivity index (χ1) is 10.0. The fraction of sp³-hybridized carbons (Fsp3) is 0.800. The molecule has 0 unspecified atom stereocenters. The normalized spacial score (nSPS) is 49.7. The lowest BCUT2D eigenvalue weighted by Crippen LogP contribution is -2.47. The monoisotopic (exact) mass is 286 g/mol. The summed E-state index contributed by atoms with van der Waals surface area (Å²) in [5, 5.41) is 10.5. The Kier molecular flexibility index (Phi) is 3.16. The summed E-state index contributed by atoms with van der Waals surface area (Å²) in [6.07, 6.45) is 9.82. The second kappa shape index (κ2) is 4.72. The van der Waals surface area contributed by atoms with Crippen LogP contribution in [-0.4, -0.2) is 11.2 Å². The molecule has 0 aliphatic heterocycles. The maximum Gasteiger partial charge on any atom is 0.0596 e. The second-order valence-electron chi connectivity index (χ2n) is 8.66. The Morgan fingerprint density at radius 2 is 2.00 bits per heavy atom. The summed E-state index contributed by atoms with van der Waals surface area (Å²) < 4.78 is 0. The van der Waals surface area contributed by atoms with Gasteiger partial charge in [-0.2, -0.15) is 0 Å². The maximum atomic E-state index is 10.5. The van der Waals surface area contributed by atoms with E-state index in [1.54, 1.807) is 5.57 Å². The quantitative estimate of drug-likeness (QED) is 0.630. The van der Waals surface area contributed by atoms with Gasteiger partial charge in [0, 0.05) is 0 Å². The molecule has 1 nitrogen and oxygen atoms in total. The Hall–Kier alpha value is -0.560. The highest BCUT2D eigenvalue weighted by Crippen LogP contribution is 2.62. The molecule has 4 aliphatic rings. The smallest absolute Gasteiger partial charge is 0.0596 e. The molecule has 0 amide bonds. The third kappa shape index (κ3) is 1.92. The zero-order valence-corrected chi connectivity index (χ0v) is 13.7. The average molecular weight is 286 g/mol. The van der Waals surface area contributed by atoms with Crippen molar-refractivity contribution in [2.24, 2.45) is 29.1 Å². The summed E-state index contributed by atoms with van der Waals surface area (Å²) in [4.78, 5) is 0. The van der Waals surface area contributed by atoms with Gasteiger partial charge in [-0.05, 0) is 80.5 Å². The molecule has 0 heterocycles. The van der Waals surface area contributed by atoms with E-state index in [1.807, 2.05) is 5.57 Å². The van der Waals surface area contributed by atoms with Crippen LogP contribution < -0.4 is 0 Å². The Labute approximate surface area is 129 Å². The first-order valence-corrected chi connectivity index (χ1v) is 9.06. The second-order valence-corrected chi connectivity index (χ2v) is 8.66. The third-order valence-electron chi connectivity index (χ3n) is 7.62. The van der Waals surface area contributed by atoms with Gasteiger partial charge in [0.2, 0.25) is 0 Å². The number of aliphatic hydroxyl groups excluding tert-OH is 1. The maximum absolute atomic E-state index is 10.5. The van der Waals surface area contributed by atoms with E-state index in [2.05, 4.69) is 20.4 Å². The molecule has 0 bridgehead atoms. The van der Waals surface area contributed by atoms with Crippen LogP contribution in [0, 0.1) is 29.1 Å². The SMILES string of the molecule is C=C1CCC2=C(C1)C[C@@H](C)[C@@H]1[C@@H]2CC[C@]2(C)[C@@H](O)CC[C@@H]12. The topological polar surface area (TPSA) is 20.2 Å². The fourth-order valence-corrected chi connectivity index (χ4v) is 6.53. The van der Waals surface area contributed by atoms with Crippen LogP contribution in [0.1, 0.15) is 65.2 Å². The van der Waals surface area contributed by atoms with Crippen molar-refractivity contribution in [3.05, 3.63) is 23.3 Å². The van der Waals surface area contributed by atoms with Gasteiger partial charge in [-0.3, -0.25) is 0 Å². The fourth-order valence-electron chi connectivity index (χ4n) is 6.53. The van der Waals surface area contributed by atoms with E-state index in [0.717, 1.165) is 30.1 Å². The van der Waals surface area contributed by atoms with Gasteiger partial charge in [0.25, 0.3) is 0 Å². The molecule has 1 heteroatoms. The van der Waals surface area contributed by atoms with Gasteiger partial charge in [0.15, 0.2) is 0 Å². The van der Waals surface area contributed by atoms with E-state index in [4.69, 9.17) is 0 Å². The van der Waals surface area contributed by atoms with Crippen molar-refractivity contribution in [3.8, 4) is 0 Å². The van der Waals surface area contributed by atoms with Gasteiger partial charge in [0.1, 0.15) is 0 Å². The Morgan fingerprint density at radius 1 is 1.19 bits per heavy atom. The first-order valence-electron chi connectivity index (χ1n) is 9.06. The predicted molar refractivity (Wildman–Crippen MR) is 86.8 cm³/mol. The highest BCUT2D eigenvalue weighted by atomic mass is 16.3. The molecule has 6 atom stereocenters. The number of hydrogen-bond acceptors (Lipinski definition) is 1. The van der Waals surface area contributed by atoms with Crippen LogP contribution in [0.25, 0.3) is 0 Å². The first kappa shape index (κ1) is 14.1. The summed E-state index contributed by atoms with van der Waals surface area (Å²) in [5.74, 6) is 3.24. The number of allylic oxidation sites excluding steroid dienone is 3. The molecule has 2 fully saturated rings. The van der Waals surface area contributed by atoms with E-state index in [-0.39, 0.29) is 11.5 Å². The lowest BCUT2D eigenvalue weighted by molar-refractivity contribution is -0.0456. The predicted octanol–water partition coefficient (Wildman–Crippen LogP) is 4.87. The van der Waals surface area contributed by atoms with Crippen molar-refractivity contribution in [1.29, 1.82) is 0 Å². The lowest BCUT2D eigenvalue weighted by atomic mass is 9.51. The number of aliphatic hydroxyl groups is 1. The van der Waals surface area contributed by atoms with Crippen molar-refractivity contribution in [1.82, 2.24) is 0 Å². The summed E-state index contributed by atoms with van der Waals surface area (Å²) in [6, 6.07) is 0. The summed E-state index contributed by atoms with van der Waals surface area (Å²) in [6.45, 7) is 9.10. The lowest BCUT2D eigenvalue weighted by Gasteiger charge is -2.53. The summed E-state index contributed by atoms with van der Waals surface area (Å²) in [7, 11) is 0. The van der Waals surface area contributed by atoms with Crippen LogP contribution in [0.15, 0.2) is 23.3 Å². The minimum atomic E-state index is -0.0443. The molecule has 0 spiro atoms. The van der Waals surface area contributed by atoms with Crippen molar-refractivity contribution >= 4 is 0 Å². The molecular formula is C20H30O. The molecule has 116 valence electrons. The van der Waals surface area contributed by atoms with Gasteiger partial charge < -0.3 is 5.11 Å². The average Bonchev–Trinajstić information content (AvgIpc) is 2.74. The van der Waals surface area contributed by atoms with Gasteiger partial charge >= 0.3 is 0 Å². The van der Waals surface area contributed by atoms with E-state index in [1.165, 1.54) is 50.5 Å². The molecule has 4 rings (SSSR count). The number of fused-ring (bicyclic) bond motifs is 4. The molecule has 0 saturated heterocycles. The van der Waals surface area contributed by atoms with Crippen LogP contribution in [0.2, 0.25) is 0 Å². The Morgan fingerprint density at radius 3 is 2.81 bits per heavy atom. The molecule has 0 radical (unpaired) electrons. The third-order valence-corrected chi connectivity index (χ3v) is 7.62. The van der Waals surface area contributed by atoms with Gasteiger partial charge in [-0.25, -0.2) is 0 Å². The van der Waals surface area contributed by atoms with E-state index in [9.17, 15) is 5.11 Å². The molecular weight excluding hydrogens is 256 g/mol. The van der Waals surface area contributed by atoms with Crippen LogP contribution in [0.5, 0.6) is 0 Å². The standard InChI is InChI=1S/C20H30O/c1-12-4-5-15-14(10-12)11-13(2)19-16(15)8-9-20(3)17(19)6-7-18(20)21/h13,16-19,21H,1,4-11H2,2-3H3/t13-,16-,17+,18+,19-,20+/m1/s1. The minimum Gasteiger partial charge on any atom is -0.393 e. The van der Waals surface area contributed by atoms with Crippen molar-refractivity contribution < 1.29 is 5.11 Å². The van der Waals surface area contributed by atoms with Crippen LogP contribution in [0.3, 0.4) is 0 Å². The molecule has 21 heavy (non-hydrogen) atoms. The van der Waals surface area contributed by atoms with Crippen LogP contribution >= 0.6 is 0 Å². The largest absolute Gasteiger partial charge is 0.393 e. The molecule has 1 N–H and O–H groups in total. The van der Waals surface area contributed by atoms with Crippen molar-refractivity contribution in [2.45, 2.75) is 71.3 Å². The minimum absolute atomic E-state index is 0.0443. The van der Waals surface area contributed by atoms with Crippen molar-refractivity contribution in [2.75, 3.05) is 0 Å². The molecule has 2 saturated carbocycles. The number of hydrogen-bond donors (Lipinski definition) is 1. The molecule has 0 aromatic heterocycles. The van der Waals surface area contributed by atoms with Gasteiger partial charge in [0.05, 0.1) is 6.10 Å². The van der Waals surface area contributed by atoms with E-state index >= 15 is 0 Å². The van der Waals surface area contributed by atoms with E-state index in [0.29, 0.717) is 0 Å². The zero-order valence-electron chi connectivity index (χ0n) is 13.7. The van der Waals surface area contributed by atoms with E-state index < -0.39 is 0 Å². The number of rotatable bonds is 0. The van der Waals surface area contributed by atoms with Crippen LogP contribution in [0.4, 0.5) is 0 Å². The van der Waals surface area contributed by atoms with Crippen LogP contribution in [-0.2, 0) is 0 Å². The van der Waals surface area contributed by atoms with Gasteiger partial charge in [-0.15, -0.1) is 0 Å². The molecule has 0 aromatic rings. The van der Waals surface area contributed by atoms with Crippen molar-refractivity contribution in [3.63, 3.8) is 0 Å². The molecule has 4 aliphatic carbocycles. The highest BCUT2D eigenvalue weighted by Gasteiger charge is 2.56. The Balaban J connectivity index is 1.70. The summed E-state index contributed by atoms with van der Waals surface area (Å²) in [5.41, 5.74) is 5.25. The van der Waals surface area contributed by atoms with Gasteiger partial charge in [-0.1, -0.05) is 37.1 Å². The highest BCUT2D eigenvalue weighted by molar-refractivity contribution is 5.32. The summed E-state index contributed by atoms with van der Waals surface area (Å²) >= 11 is 0. The zero-order chi connectivity index (χ0) is 14.8. The molecule has 0 aromatic carbocycles.